The Morgan fingerprint density at radius 1 is 1.50 bits per heavy atom. The molecule has 0 saturated carbocycles. The molecule has 0 fully saturated rings. The Morgan fingerprint density at radius 3 is 3.00 bits per heavy atom. The van der Waals surface area contributed by atoms with E-state index in [1.807, 2.05) is 18.2 Å². The number of hydrogen-bond donors (Lipinski definition) is 1. The quantitative estimate of drug-likeness (QED) is 0.746. The van der Waals surface area contributed by atoms with Gasteiger partial charge in [0, 0.05) is 12.5 Å². The van der Waals surface area contributed by atoms with Crippen molar-refractivity contribution in [3.8, 4) is 11.8 Å². The summed E-state index contributed by atoms with van der Waals surface area (Å²) in [6.45, 7) is 2.98. The highest BCUT2D eigenvalue weighted by Crippen LogP contribution is 2.18. The number of benzene rings is 1. The van der Waals surface area contributed by atoms with Gasteiger partial charge < -0.3 is 10.1 Å². The summed E-state index contributed by atoms with van der Waals surface area (Å²) in [5.74, 6) is 0.878. The number of nitriles is 1. The van der Waals surface area contributed by atoms with Crippen molar-refractivity contribution in [3.05, 3.63) is 29.8 Å². The van der Waals surface area contributed by atoms with Gasteiger partial charge in [0.05, 0.1) is 13.2 Å². The molecule has 3 heteroatoms. The van der Waals surface area contributed by atoms with Crippen molar-refractivity contribution in [3.63, 3.8) is 0 Å². The Morgan fingerprint density at radius 2 is 2.31 bits per heavy atom. The second-order valence-electron chi connectivity index (χ2n) is 3.71. The molecule has 0 unspecified atom stereocenters. The van der Waals surface area contributed by atoms with Crippen molar-refractivity contribution in [1.82, 2.24) is 5.32 Å². The van der Waals surface area contributed by atoms with Gasteiger partial charge in [-0.1, -0.05) is 12.1 Å². The topological polar surface area (TPSA) is 45.0 Å². The fourth-order valence-corrected chi connectivity index (χ4v) is 1.51. The lowest BCUT2D eigenvalue weighted by Gasteiger charge is -2.14. The summed E-state index contributed by atoms with van der Waals surface area (Å²) in [5, 5.41) is 11.8. The molecule has 1 aromatic rings. The summed E-state index contributed by atoms with van der Waals surface area (Å²) in [5.41, 5.74) is 1.20. The molecule has 0 aliphatic heterocycles. The standard InChI is InChI=1S/C13H18N2O/c1-11(15-9-4-3-8-14)12-6-5-7-13(10-12)16-2/h5-7,10-11,15H,3-4,9H2,1-2H3/t11-/m1/s1. The molecule has 1 N–H and O–H groups in total. The minimum absolute atomic E-state index is 0.286. The van der Waals surface area contributed by atoms with Crippen molar-refractivity contribution in [2.24, 2.45) is 0 Å². The molecular weight excluding hydrogens is 200 g/mol. The molecule has 0 radical (unpaired) electrons. The Labute approximate surface area is 97.0 Å². The van der Waals surface area contributed by atoms with Crippen LogP contribution in [0.5, 0.6) is 5.75 Å². The number of methoxy groups -OCH3 is 1. The lowest BCUT2D eigenvalue weighted by molar-refractivity contribution is 0.413. The minimum atomic E-state index is 0.286. The summed E-state index contributed by atoms with van der Waals surface area (Å²) in [6.07, 6.45) is 1.50. The van der Waals surface area contributed by atoms with E-state index in [4.69, 9.17) is 10.00 Å². The SMILES string of the molecule is COc1cccc([C@@H](C)NCCCC#N)c1. The van der Waals surface area contributed by atoms with Crippen LogP contribution in [0.15, 0.2) is 24.3 Å². The third-order valence-electron chi connectivity index (χ3n) is 2.51. The molecular formula is C13H18N2O. The Hall–Kier alpha value is -1.53. The predicted molar refractivity (Wildman–Crippen MR) is 64.3 cm³/mol. The van der Waals surface area contributed by atoms with Crippen LogP contribution in [0.2, 0.25) is 0 Å². The normalized spacial score (nSPS) is 11.8. The number of unbranched alkanes of at least 4 members (excludes halogenated alkanes) is 1. The number of hydrogen-bond acceptors (Lipinski definition) is 3. The smallest absolute Gasteiger partial charge is 0.119 e. The van der Waals surface area contributed by atoms with Crippen LogP contribution in [0.1, 0.15) is 31.4 Å². The van der Waals surface area contributed by atoms with Gasteiger partial charge in [-0.15, -0.1) is 0 Å². The number of nitrogens with one attached hydrogen (secondary N) is 1. The van der Waals surface area contributed by atoms with Crippen LogP contribution >= 0.6 is 0 Å². The van der Waals surface area contributed by atoms with Crippen LogP contribution in [0, 0.1) is 11.3 Å². The van der Waals surface area contributed by atoms with E-state index in [-0.39, 0.29) is 6.04 Å². The third-order valence-corrected chi connectivity index (χ3v) is 2.51. The first-order valence-corrected chi connectivity index (χ1v) is 5.52. The molecule has 0 saturated heterocycles. The van der Waals surface area contributed by atoms with Crippen LogP contribution in [-0.2, 0) is 0 Å². The molecule has 0 aliphatic carbocycles. The maximum Gasteiger partial charge on any atom is 0.119 e. The molecule has 0 spiro atoms. The van der Waals surface area contributed by atoms with Gasteiger partial charge in [0.15, 0.2) is 0 Å². The molecule has 0 bridgehead atoms. The van der Waals surface area contributed by atoms with Crippen LogP contribution < -0.4 is 10.1 Å². The van der Waals surface area contributed by atoms with Crippen molar-refractivity contribution in [2.45, 2.75) is 25.8 Å². The minimum Gasteiger partial charge on any atom is -0.497 e. The summed E-state index contributed by atoms with van der Waals surface area (Å²) >= 11 is 0. The van der Waals surface area contributed by atoms with Gasteiger partial charge in [0.2, 0.25) is 0 Å². The first-order valence-electron chi connectivity index (χ1n) is 5.52. The molecule has 3 nitrogen and oxygen atoms in total. The monoisotopic (exact) mass is 218 g/mol. The van der Waals surface area contributed by atoms with E-state index in [9.17, 15) is 0 Å². The highest BCUT2D eigenvalue weighted by atomic mass is 16.5. The fourth-order valence-electron chi connectivity index (χ4n) is 1.51. The average molecular weight is 218 g/mol. The molecule has 0 aliphatic rings. The lowest BCUT2D eigenvalue weighted by atomic mass is 10.1. The number of nitrogens with zero attached hydrogens (tertiary/aromatic N) is 1. The summed E-state index contributed by atoms with van der Waals surface area (Å²) in [6, 6.07) is 10.5. The molecule has 16 heavy (non-hydrogen) atoms. The fraction of sp³-hybridized carbons (Fsp3) is 0.462. The lowest BCUT2D eigenvalue weighted by Crippen LogP contribution is -2.19. The van der Waals surface area contributed by atoms with E-state index in [0.717, 1.165) is 18.7 Å². The largest absolute Gasteiger partial charge is 0.497 e. The second-order valence-corrected chi connectivity index (χ2v) is 3.71. The van der Waals surface area contributed by atoms with E-state index < -0.39 is 0 Å². The van der Waals surface area contributed by atoms with Gasteiger partial charge in [0.25, 0.3) is 0 Å². The van der Waals surface area contributed by atoms with Crippen molar-refractivity contribution in [1.29, 1.82) is 5.26 Å². The third kappa shape index (κ3) is 3.92. The highest BCUT2D eigenvalue weighted by Gasteiger charge is 2.04. The van der Waals surface area contributed by atoms with Gasteiger partial charge >= 0.3 is 0 Å². The zero-order valence-electron chi connectivity index (χ0n) is 9.86. The summed E-state index contributed by atoms with van der Waals surface area (Å²) in [7, 11) is 1.67. The van der Waals surface area contributed by atoms with E-state index in [2.05, 4.69) is 24.4 Å². The first-order chi connectivity index (χ1) is 7.77. The van der Waals surface area contributed by atoms with Crippen LogP contribution in [0.4, 0.5) is 0 Å². The predicted octanol–water partition coefficient (Wildman–Crippen LogP) is 2.65. The molecule has 0 heterocycles. The zero-order chi connectivity index (χ0) is 11.8. The Kier molecular flexibility index (Phi) is 5.38. The van der Waals surface area contributed by atoms with Crippen LogP contribution in [0.3, 0.4) is 0 Å². The maximum absolute atomic E-state index is 8.42. The van der Waals surface area contributed by atoms with Crippen LogP contribution in [0.25, 0.3) is 0 Å². The average Bonchev–Trinajstić information content (AvgIpc) is 2.34. The molecule has 0 amide bonds. The zero-order valence-corrected chi connectivity index (χ0v) is 9.86. The Bertz CT molecular complexity index is 357. The molecule has 0 aromatic heterocycles. The van der Waals surface area contributed by atoms with E-state index in [1.165, 1.54) is 5.56 Å². The van der Waals surface area contributed by atoms with Gasteiger partial charge in [-0.3, -0.25) is 0 Å². The van der Waals surface area contributed by atoms with Crippen molar-refractivity contribution >= 4 is 0 Å². The van der Waals surface area contributed by atoms with Gasteiger partial charge in [-0.25, -0.2) is 0 Å². The summed E-state index contributed by atoms with van der Waals surface area (Å²) < 4.78 is 5.18. The second kappa shape index (κ2) is 6.86. The molecule has 1 aromatic carbocycles. The molecule has 1 rings (SSSR count). The molecule has 86 valence electrons. The van der Waals surface area contributed by atoms with E-state index >= 15 is 0 Å². The van der Waals surface area contributed by atoms with Crippen molar-refractivity contribution in [2.75, 3.05) is 13.7 Å². The van der Waals surface area contributed by atoms with Crippen molar-refractivity contribution < 1.29 is 4.74 Å². The van der Waals surface area contributed by atoms with Gasteiger partial charge in [0.1, 0.15) is 5.75 Å². The highest BCUT2D eigenvalue weighted by molar-refractivity contribution is 5.30. The van der Waals surface area contributed by atoms with E-state index in [1.54, 1.807) is 7.11 Å². The molecule has 1 atom stereocenters. The van der Waals surface area contributed by atoms with Gasteiger partial charge in [-0.2, -0.15) is 5.26 Å². The number of rotatable bonds is 6. The van der Waals surface area contributed by atoms with Gasteiger partial charge in [-0.05, 0) is 37.6 Å². The maximum atomic E-state index is 8.42. The Balaban J connectivity index is 2.46. The van der Waals surface area contributed by atoms with E-state index in [0.29, 0.717) is 6.42 Å². The summed E-state index contributed by atoms with van der Waals surface area (Å²) in [4.78, 5) is 0. The van der Waals surface area contributed by atoms with Crippen LogP contribution in [-0.4, -0.2) is 13.7 Å². The first kappa shape index (κ1) is 12.5. The number of ether oxygens (including phenoxy) is 1.